The third-order valence-electron chi connectivity index (χ3n) is 6.48. The van der Waals surface area contributed by atoms with Crippen LogP contribution in [0, 0.1) is 5.92 Å². The van der Waals surface area contributed by atoms with Crippen LogP contribution >= 0.6 is 0 Å². The van der Waals surface area contributed by atoms with E-state index in [9.17, 15) is 9.90 Å². The summed E-state index contributed by atoms with van der Waals surface area (Å²) in [6.45, 7) is 2.76. The lowest BCUT2D eigenvalue weighted by Gasteiger charge is -2.47. The van der Waals surface area contributed by atoms with Gasteiger partial charge in [0.1, 0.15) is 5.75 Å². The average molecular weight is 386 g/mol. The van der Waals surface area contributed by atoms with Gasteiger partial charge < -0.3 is 9.67 Å². The normalized spacial score (nSPS) is 23.5. The highest BCUT2D eigenvalue weighted by molar-refractivity contribution is 5.28. The Morgan fingerprint density at radius 2 is 1.69 bits per heavy atom. The number of aromatic nitrogens is 1. The molecule has 1 N–H and O–H groups in total. The fourth-order valence-corrected chi connectivity index (χ4v) is 5.30. The molecule has 2 bridgehead atoms. The molecule has 29 heavy (non-hydrogen) atoms. The fraction of sp³-hybridized carbons (Fsp3) is 0.320. The number of pyridine rings is 1. The summed E-state index contributed by atoms with van der Waals surface area (Å²) in [5, 5.41) is 9.81. The quantitative estimate of drug-likeness (QED) is 0.738. The summed E-state index contributed by atoms with van der Waals surface area (Å²) in [4.78, 5) is 15.3. The second-order valence-electron chi connectivity index (χ2n) is 8.47. The van der Waals surface area contributed by atoms with Gasteiger partial charge in [0, 0.05) is 43.4 Å². The molecule has 0 spiro atoms. The van der Waals surface area contributed by atoms with Crippen LogP contribution in [0.2, 0.25) is 0 Å². The van der Waals surface area contributed by atoms with Gasteiger partial charge in [0.25, 0.3) is 5.56 Å². The molecule has 0 unspecified atom stereocenters. The summed E-state index contributed by atoms with van der Waals surface area (Å²) < 4.78 is 2.08. The van der Waals surface area contributed by atoms with Crippen LogP contribution in [0.15, 0.2) is 77.6 Å². The lowest BCUT2D eigenvalue weighted by Crippen LogP contribution is -2.49. The molecule has 1 saturated heterocycles. The van der Waals surface area contributed by atoms with Crippen molar-refractivity contribution in [2.45, 2.75) is 31.3 Å². The molecular weight excluding hydrogens is 360 g/mol. The molecule has 0 amide bonds. The molecule has 0 saturated carbocycles. The third-order valence-corrected chi connectivity index (χ3v) is 6.48. The Balaban J connectivity index is 1.48. The topological polar surface area (TPSA) is 45.5 Å². The zero-order valence-corrected chi connectivity index (χ0v) is 16.4. The minimum Gasteiger partial charge on any atom is -0.508 e. The van der Waals surface area contributed by atoms with Gasteiger partial charge in [-0.15, -0.1) is 0 Å². The summed E-state index contributed by atoms with van der Waals surface area (Å²) in [5.41, 5.74) is 3.72. The van der Waals surface area contributed by atoms with E-state index in [0.717, 1.165) is 38.0 Å². The monoisotopic (exact) mass is 386 g/mol. The van der Waals surface area contributed by atoms with Crippen LogP contribution in [-0.2, 0) is 13.0 Å². The molecule has 2 aromatic carbocycles. The molecule has 0 aliphatic carbocycles. The van der Waals surface area contributed by atoms with Crippen molar-refractivity contribution in [3.63, 3.8) is 0 Å². The van der Waals surface area contributed by atoms with Gasteiger partial charge in [0.2, 0.25) is 0 Å². The number of rotatable bonds is 4. The Bertz CT molecular complexity index is 1060. The van der Waals surface area contributed by atoms with Crippen LogP contribution in [-0.4, -0.2) is 27.7 Å². The molecule has 3 atom stereocenters. The van der Waals surface area contributed by atoms with Crippen LogP contribution in [0.4, 0.5) is 0 Å². The van der Waals surface area contributed by atoms with Crippen LogP contribution in [0.25, 0.3) is 0 Å². The first kappa shape index (κ1) is 18.2. The number of benzene rings is 2. The molecule has 1 aromatic heterocycles. The van der Waals surface area contributed by atoms with Crippen molar-refractivity contribution in [1.82, 2.24) is 9.47 Å². The molecule has 1 fully saturated rings. The van der Waals surface area contributed by atoms with E-state index < -0.39 is 0 Å². The second-order valence-corrected chi connectivity index (χ2v) is 8.47. The van der Waals surface area contributed by atoms with Crippen molar-refractivity contribution in [2.24, 2.45) is 5.92 Å². The largest absolute Gasteiger partial charge is 0.508 e. The van der Waals surface area contributed by atoms with Gasteiger partial charge in [0.05, 0.1) is 0 Å². The van der Waals surface area contributed by atoms with E-state index in [1.807, 2.05) is 24.3 Å². The van der Waals surface area contributed by atoms with Crippen molar-refractivity contribution >= 4 is 0 Å². The van der Waals surface area contributed by atoms with E-state index in [4.69, 9.17) is 0 Å². The first-order valence-corrected chi connectivity index (χ1v) is 10.4. The van der Waals surface area contributed by atoms with Crippen LogP contribution in [0.1, 0.15) is 35.2 Å². The highest BCUT2D eigenvalue weighted by Crippen LogP contribution is 2.42. The molecule has 4 heteroatoms. The molecule has 3 heterocycles. The molecule has 2 aliphatic heterocycles. The van der Waals surface area contributed by atoms with Gasteiger partial charge in [-0.05, 0) is 48.1 Å². The molecule has 3 aromatic rings. The van der Waals surface area contributed by atoms with Gasteiger partial charge in [-0.3, -0.25) is 9.69 Å². The molecule has 0 radical (unpaired) electrons. The first-order chi connectivity index (χ1) is 14.2. The summed E-state index contributed by atoms with van der Waals surface area (Å²) in [6, 6.07) is 24.0. The van der Waals surface area contributed by atoms with Crippen molar-refractivity contribution in [1.29, 1.82) is 0 Å². The van der Waals surface area contributed by atoms with E-state index >= 15 is 0 Å². The number of hydrogen-bond donors (Lipinski definition) is 1. The van der Waals surface area contributed by atoms with Crippen molar-refractivity contribution in [3.8, 4) is 5.75 Å². The Kier molecular flexibility index (Phi) is 4.72. The molecule has 4 nitrogen and oxygen atoms in total. The SMILES string of the molecule is O=c1cccc2n1[C@@H](Cc1ccccc1)[C@H]1C[C@@H]2CN(Cc2cccc(O)c2)C1. The van der Waals surface area contributed by atoms with Gasteiger partial charge >= 0.3 is 0 Å². The zero-order valence-electron chi connectivity index (χ0n) is 16.4. The maximum atomic E-state index is 12.8. The van der Waals surface area contributed by atoms with E-state index in [-0.39, 0.29) is 11.6 Å². The Hall–Kier alpha value is -2.85. The van der Waals surface area contributed by atoms with Crippen molar-refractivity contribution in [2.75, 3.05) is 13.1 Å². The maximum Gasteiger partial charge on any atom is 0.251 e. The summed E-state index contributed by atoms with van der Waals surface area (Å²) in [7, 11) is 0. The number of nitrogens with zero attached hydrogens (tertiary/aromatic N) is 2. The van der Waals surface area contributed by atoms with Gasteiger partial charge in [-0.2, -0.15) is 0 Å². The van der Waals surface area contributed by atoms with Crippen LogP contribution in [0.3, 0.4) is 0 Å². The van der Waals surface area contributed by atoms with Crippen molar-refractivity contribution < 1.29 is 5.11 Å². The van der Waals surface area contributed by atoms with E-state index in [0.29, 0.717) is 17.6 Å². The standard InChI is InChI=1S/C25H26N2O2/c28-22-9-4-8-19(12-22)15-26-16-20-14-21(17-26)24(13-18-6-2-1-3-7-18)27-23(20)10-5-11-25(27)29/h1-12,20-21,24,28H,13-17H2/t20-,21+,24+/m1/s1. The Morgan fingerprint density at radius 1 is 0.897 bits per heavy atom. The predicted molar refractivity (Wildman–Crippen MR) is 114 cm³/mol. The van der Waals surface area contributed by atoms with Gasteiger partial charge in [-0.25, -0.2) is 0 Å². The number of fused-ring (bicyclic) bond motifs is 4. The smallest absolute Gasteiger partial charge is 0.251 e. The Morgan fingerprint density at radius 3 is 2.52 bits per heavy atom. The van der Waals surface area contributed by atoms with E-state index in [1.165, 1.54) is 11.3 Å². The number of hydrogen-bond acceptors (Lipinski definition) is 3. The lowest BCUT2D eigenvalue weighted by molar-refractivity contribution is 0.0853. The maximum absolute atomic E-state index is 12.8. The van der Waals surface area contributed by atoms with Crippen LogP contribution < -0.4 is 5.56 Å². The summed E-state index contributed by atoms with van der Waals surface area (Å²) in [6.07, 6.45) is 2.02. The van der Waals surface area contributed by atoms with E-state index in [2.05, 4.69) is 45.9 Å². The first-order valence-electron chi connectivity index (χ1n) is 10.4. The molecule has 2 aliphatic rings. The molecule has 5 rings (SSSR count). The van der Waals surface area contributed by atoms with Gasteiger partial charge in [-0.1, -0.05) is 48.5 Å². The second kappa shape index (κ2) is 7.53. The minimum atomic E-state index is 0.125. The Labute approximate surface area is 171 Å². The highest BCUT2D eigenvalue weighted by Gasteiger charge is 2.40. The van der Waals surface area contributed by atoms with Gasteiger partial charge in [0.15, 0.2) is 0 Å². The lowest BCUT2D eigenvalue weighted by atomic mass is 9.76. The molecular formula is C25H26N2O2. The summed E-state index contributed by atoms with van der Waals surface area (Å²) >= 11 is 0. The zero-order chi connectivity index (χ0) is 19.8. The molecule has 148 valence electrons. The number of phenols is 1. The van der Waals surface area contributed by atoms with E-state index in [1.54, 1.807) is 12.1 Å². The average Bonchev–Trinajstić information content (AvgIpc) is 2.72. The number of likely N-dealkylation sites (tertiary alicyclic amines) is 1. The predicted octanol–water partition coefficient (Wildman–Crippen LogP) is 3.96. The van der Waals surface area contributed by atoms with Crippen molar-refractivity contribution in [3.05, 3.63) is 100.0 Å². The number of phenolic OH excluding ortho intramolecular Hbond substituents is 1. The third kappa shape index (κ3) is 3.60. The highest BCUT2D eigenvalue weighted by atomic mass is 16.3. The number of piperidine rings is 1. The minimum absolute atomic E-state index is 0.125. The van der Waals surface area contributed by atoms with Crippen LogP contribution in [0.5, 0.6) is 5.75 Å². The summed E-state index contributed by atoms with van der Waals surface area (Å²) in [5.74, 6) is 1.14. The fourth-order valence-electron chi connectivity index (χ4n) is 5.30. The number of aromatic hydroxyl groups is 1.